The topological polar surface area (TPSA) is 321 Å². The van der Waals surface area contributed by atoms with E-state index in [1.165, 1.54) is 52.4 Å². The van der Waals surface area contributed by atoms with Crippen LogP contribution >= 0.6 is 0 Å². The first-order chi connectivity index (χ1) is 48.6. The largest absolute Gasteiger partial charge is 0.507 e. The first-order valence-electron chi connectivity index (χ1n) is 34.9. The number of piperidine rings is 1. The molecule has 5 heterocycles. The molecule has 6 N–H and O–H groups in total. The Hall–Kier alpha value is -10.4. The van der Waals surface area contributed by atoms with E-state index in [2.05, 4.69) is 40.0 Å². The van der Waals surface area contributed by atoms with E-state index in [1.54, 1.807) is 57.2 Å². The van der Waals surface area contributed by atoms with Crippen LogP contribution in [-0.2, 0) is 54.4 Å². The Labute approximate surface area is 591 Å². The van der Waals surface area contributed by atoms with Gasteiger partial charge in [0.1, 0.15) is 47.2 Å². The molecule has 0 radical (unpaired) electrons. The van der Waals surface area contributed by atoms with Gasteiger partial charge in [0.05, 0.1) is 29.5 Å². The number of nitrogens with one attached hydrogen (secondary N) is 4. The summed E-state index contributed by atoms with van der Waals surface area (Å²) in [6.07, 6.45) is 14.5. The lowest BCUT2D eigenvalue weighted by Crippen LogP contribution is -2.51. The highest BCUT2D eigenvalue weighted by Gasteiger charge is 2.44. The zero-order valence-electron chi connectivity index (χ0n) is 59.6. The van der Waals surface area contributed by atoms with Gasteiger partial charge in [0.15, 0.2) is 22.4 Å². The van der Waals surface area contributed by atoms with E-state index in [4.69, 9.17) is 33.1 Å². The monoisotopic (exact) mass is 1400 g/mol. The fourth-order valence-electron chi connectivity index (χ4n) is 14.0. The summed E-state index contributed by atoms with van der Waals surface area (Å²) in [5.74, 6) is -5.64. The molecule has 4 aliphatic rings. The number of aliphatic hydroxyl groups excluding tert-OH is 1. The van der Waals surface area contributed by atoms with Gasteiger partial charge in [-0.05, 0) is 123 Å². The number of aromatic nitrogens is 1. The molecule has 4 bridgehead atoms. The molecular weight excluding hydrogens is 1310 g/mol. The molecule has 6 aromatic rings. The molecule has 540 valence electrons. The van der Waals surface area contributed by atoms with E-state index in [0.717, 1.165) is 41.7 Å². The number of anilines is 3. The minimum Gasteiger partial charge on any atom is -0.507 e. The Morgan fingerprint density at radius 1 is 0.853 bits per heavy atom. The van der Waals surface area contributed by atoms with Crippen molar-refractivity contribution in [2.75, 3.05) is 48.8 Å². The summed E-state index contributed by atoms with van der Waals surface area (Å²) in [6.45, 7) is 19.0. The number of ether oxygens (including phenoxy) is 5. The summed E-state index contributed by atoms with van der Waals surface area (Å²) in [5, 5.41) is 34.9. The number of carbonyl (C=O) groups is 7. The second-order valence-electron chi connectivity index (χ2n) is 27.9. The zero-order chi connectivity index (χ0) is 73.4. The van der Waals surface area contributed by atoms with Crippen LogP contribution in [0.25, 0.3) is 38.7 Å². The van der Waals surface area contributed by atoms with Crippen molar-refractivity contribution in [3.05, 3.63) is 151 Å². The molecule has 4 aliphatic heterocycles. The third-order valence-corrected chi connectivity index (χ3v) is 19.6. The van der Waals surface area contributed by atoms with Crippen molar-refractivity contribution < 1.29 is 71.9 Å². The number of esters is 1. The number of imide groups is 1. The molecule has 6 amide bonds. The number of hydrogen-bond acceptors (Lipinski definition) is 19. The fourth-order valence-corrected chi connectivity index (χ4v) is 14.0. The minimum atomic E-state index is -1.96. The molecule has 10 rings (SSSR count). The highest BCUT2D eigenvalue weighted by molar-refractivity contribution is 6.17. The summed E-state index contributed by atoms with van der Waals surface area (Å²) in [6, 6.07) is 17.3. The normalized spacial score (nSPS) is 22.8. The number of allylic oxidation sites excluding steroid dienone is 3. The molecule has 1 saturated heterocycles. The smallest absolute Gasteiger partial charge is 0.307 e. The van der Waals surface area contributed by atoms with Crippen LogP contribution in [0.1, 0.15) is 136 Å². The average molecular weight is 1400 g/mol. The van der Waals surface area contributed by atoms with E-state index < -0.39 is 70.1 Å². The Kier molecular flexibility index (Phi) is 23.4. The predicted octanol–water partition coefficient (Wildman–Crippen LogP) is 10.3. The highest BCUT2D eigenvalue weighted by atomic mass is 16.7. The maximum Gasteiger partial charge on any atom is 0.307 e. The number of carbonyl (C=O) groups excluding carboxylic acids is 7. The lowest BCUT2D eigenvalue weighted by Gasteiger charge is -2.34. The van der Waals surface area contributed by atoms with Crippen LogP contribution in [0.2, 0.25) is 0 Å². The molecule has 0 saturated carbocycles. The van der Waals surface area contributed by atoms with Gasteiger partial charge in [-0.25, -0.2) is 4.98 Å². The lowest BCUT2D eigenvalue weighted by atomic mass is 9.82. The number of amides is 6. The first kappa shape index (κ1) is 74.3. The Morgan fingerprint density at radius 2 is 1.56 bits per heavy atom. The number of unbranched alkanes of at least 4 members (excludes halogenated alkanes) is 2. The molecule has 0 aliphatic carbocycles. The summed E-state index contributed by atoms with van der Waals surface area (Å²) in [4.78, 5) is 127. The standard InChI is InChI=1S/C78H91N7O17/c1-42(2)66(81-59(88)18-13-12-14-32-85-61(90)27-28-62(85)91)77(96)79-40-60(89)80-53-23-19-50(20-24-53)41-98-55-25-21-51(22-26-55)52-29-33-84(34-30-52)54-38-56(87)67-58(39-54)101-74-68(82-67)63-64-70(92)48(8)73-65(63)75(94)78(10,102-73)99-35-31-57(97-11)47(7)72(100-49(9)86)46(6)37-44(4)36-43(3)16-15-17-45(5)76(95)83-69(74)71(64)93/h15-17,19-28,31,35,38-39,42-44,46-47,52,57,66,72,92,94H,12-14,18,29-30,32-34,36-37,40-41H2,1-11H3,(H,79,96)(H,80,89)(H,81,88)(H,83,95)/b16-15+,35-31+,45-17-/t43-,44+,46+,47+,57-,66?,72-,78-/m0/s1. The highest BCUT2D eigenvalue weighted by Crippen LogP contribution is 2.43. The van der Waals surface area contributed by atoms with Crippen LogP contribution in [0.5, 0.6) is 17.2 Å². The number of nitrogens with zero attached hydrogens (tertiary/aromatic N) is 3. The van der Waals surface area contributed by atoms with Crippen LogP contribution in [-0.4, -0.2) is 119 Å². The molecule has 5 aromatic carbocycles. The Morgan fingerprint density at radius 3 is 2.24 bits per heavy atom. The minimum absolute atomic E-state index is 0.0169. The average Bonchev–Trinajstić information content (AvgIpc) is 1.40. The van der Waals surface area contributed by atoms with Crippen LogP contribution in [0.15, 0.2) is 123 Å². The van der Waals surface area contributed by atoms with Gasteiger partial charge in [-0.15, -0.1) is 0 Å². The number of rotatable bonds is 19. The first-order valence-corrected chi connectivity index (χ1v) is 34.9. The zero-order valence-corrected chi connectivity index (χ0v) is 59.6. The maximum absolute atomic E-state index is 15.1. The molecule has 1 aromatic heterocycles. The van der Waals surface area contributed by atoms with Crippen molar-refractivity contribution in [1.29, 1.82) is 0 Å². The van der Waals surface area contributed by atoms with Gasteiger partial charge in [-0.1, -0.05) is 90.5 Å². The molecule has 24 heteroatoms. The van der Waals surface area contributed by atoms with Crippen molar-refractivity contribution in [3.8, 4) is 17.2 Å². The number of methoxy groups -OCH3 is 1. The number of benzene rings is 5. The van der Waals surface area contributed by atoms with Gasteiger partial charge < -0.3 is 64.5 Å². The number of fused-ring (bicyclic) bond motifs is 2. The number of aromatic hydroxyl groups is 1. The van der Waals surface area contributed by atoms with Gasteiger partial charge in [-0.3, -0.25) is 48.1 Å². The van der Waals surface area contributed by atoms with E-state index in [1.807, 2.05) is 56.3 Å². The van der Waals surface area contributed by atoms with Crippen molar-refractivity contribution in [2.45, 2.75) is 157 Å². The van der Waals surface area contributed by atoms with Gasteiger partial charge in [-0.2, -0.15) is 0 Å². The van der Waals surface area contributed by atoms with Crippen molar-refractivity contribution in [3.63, 3.8) is 0 Å². The van der Waals surface area contributed by atoms with Gasteiger partial charge >= 0.3 is 11.8 Å². The maximum atomic E-state index is 15.1. The van der Waals surface area contributed by atoms with E-state index >= 15 is 4.79 Å². The van der Waals surface area contributed by atoms with Gasteiger partial charge in [0, 0.05) is 105 Å². The molecule has 0 spiro atoms. The molecule has 102 heavy (non-hydrogen) atoms. The molecule has 24 nitrogen and oxygen atoms in total. The lowest BCUT2D eigenvalue weighted by molar-refractivity contribution is -0.155. The van der Waals surface area contributed by atoms with E-state index in [-0.39, 0.29) is 140 Å². The van der Waals surface area contributed by atoms with Crippen LogP contribution < -0.4 is 51.7 Å². The van der Waals surface area contributed by atoms with Gasteiger partial charge in [0.2, 0.25) is 28.6 Å². The summed E-state index contributed by atoms with van der Waals surface area (Å²) in [7, 11) is 1.53. The van der Waals surface area contributed by atoms with Crippen molar-refractivity contribution in [2.24, 2.45) is 29.6 Å². The number of phenolic OH excluding ortho intramolecular Hbond substituents is 1. The molecule has 1 unspecified atom stereocenters. The second kappa shape index (κ2) is 32.1. The summed E-state index contributed by atoms with van der Waals surface area (Å²) >= 11 is 0. The number of hydrogen-bond donors (Lipinski definition) is 6. The predicted molar refractivity (Wildman–Crippen MR) is 386 cm³/mol. The second-order valence-corrected chi connectivity index (χ2v) is 27.9. The van der Waals surface area contributed by atoms with E-state index in [9.17, 15) is 48.6 Å². The summed E-state index contributed by atoms with van der Waals surface area (Å²) in [5.41, 5.74) is 1.15. The third-order valence-electron chi connectivity index (χ3n) is 19.6. The number of aliphatic hydroxyl groups is 1. The quantitative estimate of drug-likeness (QED) is 0.0144. The SMILES string of the molecule is CO[C@H]1/C=C/O[C@@]2(C)Oc3c(C)c(O)c4c(=O)c(c5oc6cc(N7CCC(c8ccc(OCc9ccc(NC(=O)CNC(=O)C(NC(=O)CCCCCN%10C(=O)C=CC%10=O)C(C)C)cc9)cc8)CC7)cc(=O)c6nc5c4c3=C2O)NC(=O)/C(C)=C\C=C\[C@H](C)C[C@@H](C)C[C@@H](C)[C@H](OC(C)=O)[C@@H]1C. The Balaban J connectivity index is 0.808. The summed E-state index contributed by atoms with van der Waals surface area (Å²) < 4.78 is 37.3. The van der Waals surface area contributed by atoms with E-state index in [0.29, 0.717) is 49.5 Å². The van der Waals surface area contributed by atoms with Crippen molar-refractivity contribution >= 4 is 97.2 Å². The van der Waals surface area contributed by atoms with Crippen LogP contribution in [0, 0.1) is 36.5 Å². The molecular formula is C78H91N7O17. The van der Waals surface area contributed by atoms with Crippen LogP contribution in [0.4, 0.5) is 17.1 Å². The Bertz CT molecular complexity index is 4520. The fraction of sp³-hybridized carbons (Fsp3) is 0.436. The third kappa shape index (κ3) is 16.8. The van der Waals surface area contributed by atoms with Crippen molar-refractivity contribution in [1.82, 2.24) is 20.5 Å². The van der Waals surface area contributed by atoms with Gasteiger partial charge in [0.25, 0.3) is 17.7 Å². The molecule has 1 fully saturated rings. The van der Waals surface area contributed by atoms with Crippen LogP contribution in [0.3, 0.4) is 0 Å². The number of phenols is 1. The molecule has 8 atom stereocenters.